The third-order valence-electron chi connectivity index (χ3n) is 3.26. The number of aromatic nitrogens is 4. The van der Waals surface area contributed by atoms with Gasteiger partial charge in [-0.1, -0.05) is 10.3 Å². The lowest BCUT2D eigenvalue weighted by molar-refractivity contribution is 0.309. The van der Waals surface area contributed by atoms with Crippen molar-refractivity contribution in [3.8, 4) is 17.2 Å². The smallest absolute Gasteiger partial charge is 0.365 e. The predicted octanol–water partition coefficient (Wildman–Crippen LogP) is 2.89. The van der Waals surface area contributed by atoms with Crippen LogP contribution in [0.2, 0.25) is 0 Å². The van der Waals surface area contributed by atoms with Gasteiger partial charge in [0.15, 0.2) is 5.69 Å². The van der Waals surface area contributed by atoms with Crippen LogP contribution in [0.5, 0.6) is 0 Å². The van der Waals surface area contributed by atoms with Crippen LogP contribution in [0.3, 0.4) is 0 Å². The minimum atomic E-state index is -0.782. The average Bonchev–Trinajstić information content (AvgIpc) is 3.23. The zero-order valence-corrected chi connectivity index (χ0v) is 14.6. The number of nitrogens with zero attached hydrogens (tertiary/aromatic N) is 7. The monoisotopic (exact) mass is 424 g/mol. The molecule has 0 bridgehead atoms. The molecule has 0 saturated heterocycles. The minimum absolute atomic E-state index is 0.0345. The van der Waals surface area contributed by atoms with Gasteiger partial charge < -0.3 is 5.32 Å². The first kappa shape index (κ1) is 17.6. The van der Waals surface area contributed by atoms with Crippen molar-refractivity contribution >= 4 is 21.7 Å². The maximum Gasteiger partial charge on any atom is 0.446 e. The Morgan fingerprint density at radius 3 is 3.00 bits per heavy atom. The zero-order valence-electron chi connectivity index (χ0n) is 13.0. The van der Waals surface area contributed by atoms with E-state index in [9.17, 15) is 9.18 Å². The first-order valence-electron chi connectivity index (χ1n) is 7.23. The largest absolute Gasteiger partial charge is 0.446 e. The van der Waals surface area contributed by atoms with Gasteiger partial charge in [-0.05, 0) is 56.4 Å². The first-order valence-corrected chi connectivity index (χ1v) is 8.03. The van der Waals surface area contributed by atoms with E-state index in [0.717, 1.165) is 4.57 Å². The van der Waals surface area contributed by atoms with Gasteiger partial charge in [-0.15, -0.1) is 0 Å². The van der Waals surface area contributed by atoms with Crippen molar-refractivity contribution in [3.63, 3.8) is 0 Å². The third-order valence-corrected chi connectivity index (χ3v) is 3.86. The molecule has 2 heterocycles. The van der Waals surface area contributed by atoms with Crippen molar-refractivity contribution in [3.05, 3.63) is 49.5 Å². The highest BCUT2D eigenvalue weighted by atomic mass is 79.9. The van der Waals surface area contributed by atoms with Crippen LogP contribution in [-0.2, 0) is 0 Å². The molecule has 0 unspecified atom stereocenters. The fraction of sp³-hybridized carbons (Fsp3) is 0.231. The number of halogens is 2. The van der Waals surface area contributed by atoms with E-state index in [0.29, 0.717) is 25.2 Å². The Kier molecular flexibility index (Phi) is 5.29. The van der Waals surface area contributed by atoms with Gasteiger partial charge in [-0.25, -0.2) is 18.4 Å². The predicted molar refractivity (Wildman–Crippen MR) is 90.2 cm³/mol. The van der Waals surface area contributed by atoms with Crippen LogP contribution < -0.4 is 11.1 Å². The molecule has 0 aliphatic rings. The van der Waals surface area contributed by atoms with E-state index in [1.807, 2.05) is 0 Å². The molecule has 0 aliphatic heterocycles. The normalized spacial score (nSPS) is 10.5. The summed E-state index contributed by atoms with van der Waals surface area (Å²) in [5.74, 6) is -0.998. The van der Waals surface area contributed by atoms with Crippen LogP contribution in [0.15, 0.2) is 41.7 Å². The molecule has 0 saturated carbocycles. The molecule has 0 amide bonds. The first-order chi connectivity index (χ1) is 12.6. The fourth-order valence-corrected chi connectivity index (χ4v) is 2.47. The van der Waals surface area contributed by atoms with Gasteiger partial charge in [-0.2, -0.15) is 0 Å². The van der Waals surface area contributed by atoms with Gasteiger partial charge in [0.05, 0.1) is 10.2 Å². The quantitative estimate of drug-likeness (QED) is 0.265. The van der Waals surface area contributed by atoms with E-state index in [1.165, 1.54) is 18.2 Å². The highest BCUT2D eigenvalue weighted by Crippen LogP contribution is 2.26. The number of nitrogens with one attached hydrogen (secondary N) is 1. The summed E-state index contributed by atoms with van der Waals surface area (Å²) in [5, 5.41) is 17.5. The van der Waals surface area contributed by atoms with Crippen LogP contribution in [-0.4, -0.2) is 33.1 Å². The molecule has 0 fully saturated rings. The number of hydrogen-bond donors (Lipinski definition) is 1. The second-order valence-electron chi connectivity index (χ2n) is 4.90. The number of hydrogen-bond acceptors (Lipinski definition) is 8. The molecule has 3 aromatic rings. The topological polar surface area (TPSA) is 148 Å². The molecular weight excluding hydrogens is 415 g/mol. The average molecular weight is 425 g/mol. The number of rotatable bonds is 7. The van der Waals surface area contributed by atoms with E-state index < -0.39 is 11.6 Å². The molecular formula is C13H10BrFN8O3. The molecule has 2 aromatic heterocycles. The lowest BCUT2D eigenvalue weighted by atomic mass is 10.3. The van der Waals surface area contributed by atoms with Crippen molar-refractivity contribution in [2.75, 3.05) is 18.4 Å². The lowest BCUT2D eigenvalue weighted by Gasteiger charge is -2.05. The molecule has 0 atom stereocenters. The SMILES string of the molecule is [N-]=[N+]=NCCCNc1nonc1-c1noc(=O)n1-c1ccc(F)c(Br)c1. The molecule has 11 nitrogen and oxygen atoms in total. The second kappa shape index (κ2) is 7.80. The number of anilines is 1. The minimum Gasteiger partial charge on any atom is -0.365 e. The maximum atomic E-state index is 13.5. The molecule has 0 aliphatic carbocycles. The van der Waals surface area contributed by atoms with Crippen molar-refractivity contribution in [2.45, 2.75) is 6.42 Å². The Morgan fingerprint density at radius 1 is 1.38 bits per heavy atom. The van der Waals surface area contributed by atoms with Gasteiger partial charge in [0.2, 0.25) is 11.6 Å². The molecule has 3 rings (SSSR count). The Bertz CT molecular complexity index is 1020. The Hall–Kier alpha value is -3.18. The molecule has 1 N–H and O–H groups in total. The van der Waals surface area contributed by atoms with E-state index in [4.69, 9.17) is 14.7 Å². The summed E-state index contributed by atoms with van der Waals surface area (Å²) in [6.07, 6.45) is 0.549. The van der Waals surface area contributed by atoms with Crippen molar-refractivity contribution in [1.29, 1.82) is 0 Å². The fourth-order valence-electron chi connectivity index (χ4n) is 2.10. The molecule has 134 valence electrons. The Morgan fingerprint density at radius 2 is 2.23 bits per heavy atom. The number of azide groups is 1. The highest BCUT2D eigenvalue weighted by Gasteiger charge is 2.22. The van der Waals surface area contributed by atoms with E-state index in [-0.39, 0.29) is 21.8 Å². The third kappa shape index (κ3) is 3.58. The van der Waals surface area contributed by atoms with Crippen LogP contribution in [0.4, 0.5) is 10.2 Å². The summed E-state index contributed by atoms with van der Waals surface area (Å²) >= 11 is 3.06. The van der Waals surface area contributed by atoms with Crippen LogP contribution in [0.25, 0.3) is 27.6 Å². The van der Waals surface area contributed by atoms with Crippen molar-refractivity contribution in [1.82, 2.24) is 20.0 Å². The molecule has 1 aromatic carbocycles. The molecule has 26 heavy (non-hydrogen) atoms. The van der Waals surface area contributed by atoms with Crippen LogP contribution >= 0.6 is 15.9 Å². The van der Waals surface area contributed by atoms with Crippen molar-refractivity contribution in [2.24, 2.45) is 5.11 Å². The summed E-state index contributed by atoms with van der Waals surface area (Å²) in [6.45, 7) is 0.729. The van der Waals surface area contributed by atoms with E-state index in [1.54, 1.807) is 0 Å². The van der Waals surface area contributed by atoms with Gasteiger partial charge >= 0.3 is 5.76 Å². The zero-order chi connectivity index (χ0) is 18.5. The Labute approximate surface area is 152 Å². The molecule has 13 heteroatoms. The summed E-state index contributed by atoms with van der Waals surface area (Å²) in [4.78, 5) is 14.7. The van der Waals surface area contributed by atoms with Gasteiger partial charge in [-0.3, -0.25) is 4.52 Å². The second-order valence-corrected chi connectivity index (χ2v) is 5.76. The standard InChI is InChI=1S/C13H10BrFN8O3/c14-8-6-7(2-3-9(8)15)23-12(21-25-13(23)24)10-11(20-26-19-10)17-4-1-5-18-22-16/h2-3,6H,1,4-5H2,(H,17,20). The highest BCUT2D eigenvalue weighted by molar-refractivity contribution is 9.10. The van der Waals surface area contributed by atoms with E-state index in [2.05, 4.69) is 46.7 Å². The summed E-state index contributed by atoms with van der Waals surface area (Å²) in [5.41, 5.74) is 8.70. The summed E-state index contributed by atoms with van der Waals surface area (Å²) in [7, 11) is 0. The van der Waals surface area contributed by atoms with E-state index >= 15 is 0 Å². The summed E-state index contributed by atoms with van der Waals surface area (Å²) < 4.78 is 24.2. The van der Waals surface area contributed by atoms with Gasteiger partial charge in [0.1, 0.15) is 5.82 Å². The van der Waals surface area contributed by atoms with Gasteiger partial charge in [0.25, 0.3) is 0 Å². The summed E-state index contributed by atoms with van der Waals surface area (Å²) in [6, 6.07) is 3.99. The number of benzene rings is 1. The molecule has 0 spiro atoms. The van der Waals surface area contributed by atoms with Crippen LogP contribution in [0.1, 0.15) is 6.42 Å². The van der Waals surface area contributed by atoms with Crippen LogP contribution in [0, 0.1) is 5.82 Å². The maximum absolute atomic E-state index is 13.5. The lowest BCUT2D eigenvalue weighted by Crippen LogP contribution is -2.14. The Balaban J connectivity index is 1.92. The van der Waals surface area contributed by atoms with Gasteiger partial charge in [0, 0.05) is 18.0 Å². The molecule has 0 radical (unpaired) electrons. The van der Waals surface area contributed by atoms with Crippen molar-refractivity contribution < 1.29 is 13.5 Å².